The Bertz CT molecular complexity index is 609. The van der Waals surface area contributed by atoms with E-state index in [1.165, 1.54) is 24.5 Å². The Labute approximate surface area is 106 Å². The third-order valence-corrected chi connectivity index (χ3v) is 2.50. The number of hydrogen-bond donors (Lipinski definition) is 1. The number of carbonyl (C=O) groups excluding carboxylic acids is 1. The van der Waals surface area contributed by atoms with Crippen LogP contribution in [0.2, 0.25) is 0 Å². The Morgan fingerprint density at radius 2 is 1.74 bits per heavy atom. The van der Waals surface area contributed by atoms with Crippen LogP contribution in [0.15, 0.2) is 42.7 Å². The fourth-order valence-electron chi connectivity index (χ4n) is 1.62. The molecule has 98 valence electrons. The third-order valence-electron chi connectivity index (χ3n) is 2.50. The zero-order chi connectivity index (χ0) is 14.0. The van der Waals surface area contributed by atoms with Gasteiger partial charge in [0.25, 0.3) is 0 Å². The SMILES string of the molecule is O=C(c1ccncc1)c1ccc(O)cc1C(F)(F)F. The first-order valence-corrected chi connectivity index (χ1v) is 5.24. The molecule has 0 aliphatic rings. The lowest BCUT2D eigenvalue weighted by molar-refractivity contribution is -0.138. The Kier molecular flexibility index (Phi) is 3.25. The number of pyridine rings is 1. The molecule has 0 saturated heterocycles. The molecule has 2 aromatic rings. The maximum atomic E-state index is 12.8. The standard InChI is InChI=1S/C13H8F3NO2/c14-13(15,16)11-7-9(18)1-2-10(11)12(19)8-3-5-17-6-4-8/h1-7,18H. The maximum Gasteiger partial charge on any atom is 0.417 e. The van der Waals surface area contributed by atoms with Crippen LogP contribution >= 0.6 is 0 Å². The van der Waals surface area contributed by atoms with Crippen LogP contribution in [0.5, 0.6) is 5.75 Å². The van der Waals surface area contributed by atoms with E-state index >= 15 is 0 Å². The first-order chi connectivity index (χ1) is 8.89. The van der Waals surface area contributed by atoms with Gasteiger partial charge in [-0.1, -0.05) is 0 Å². The number of phenols is 1. The molecule has 1 aromatic heterocycles. The molecule has 1 aromatic carbocycles. The Balaban J connectivity index is 2.54. The van der Waals surface area contributed by atoms with Gasteiger partial charge in [-0.3, -0.25) is 9.78 Å². The molecular formula is C13H8F3NO2. The number of halogens is 3. The lowest BCUT2D eigenvalue weighted by atomic mass is 9.98. The van der Waals surface area contributed by atoms with E-state index in [1.54, 1.807) is 0 Å². The Hall–Kier alpha value is -2.37. The summed E-state index contributed by atoms with van der Waals surface area (Å²) in [5.41, 5.74) is -1.56. The zero-order valence-electron chi connectivity index (χ0n) is 9.48. The number of phenolic OH excluding ortho intramolecular Hbond substituents is 1. The number of aromatic nitrogens is 1. The number of benzene rings is 1. The van der Waals surface area contributed by atoms with E-state index in [2.05, 4.69) is 4.98 Å². The molecule has 0 aliphatic heterocycles. The van der Waals surface area contributed by atoms with Gasteiger partial charge in [-0.15, -0.1) is 0 Å². The third kappa shape index (κ3) is 2.73. The molecule has 1 N–H and O–H groups in total. The lowest BCUT2D eigenvalue weighted by Gasteiger charge is -2.12. The summed E-state index contributed by atoms with van der Waals surface area (Å²) in [6.07, 6.45) is -2.07. The second-order valence-corrected chi connectivity index (χ2v) is 3.79. The van der Waals surface area contributed by atoms with Crippen molar-refractivity contribution in [1.29, 1.82) is 0 Å². The van der Waals surface area contributed by atoms with Crippen LogP contribution in [0.25, 0.3) is 0 Å². The van der Waals surface area contributed by atoms with E-state index < -0.39 is 28.8 Å². The van der Waals surface area contributed by atoms with Crippen molar-refractivity contribution in [3.8, 4) is 5.75 Å². The van der Waals surface area contributed by atoms with Crippen LogP contribution in [0, 0.1) is 0 Å². The summed E-state index contributed by atoms with van der Waals surface area (Å²) in [5, 5.41) is 9.13. The highest BCUT2D eigenvalue weighted by atomic mass is 19.4. The zero-order valence-corrected chi connectivity index (χ0v) is 9.48. The first-order valence-electron chi connectivity index (χ1n) is 5.24. The van der Waals surface area contributed by atoms with Gasteiger partial charge in [0.2, 0.25) is 0 Å². The molecule has 0 aliphatic carbocycles. The molecule has 0 amide bonds. The van der Waals surface area contributed by atoms with Gasteiger partial charge < -0.3 is 5.11 Å². The molecule has 0 atom stereocenters. The number of carbonyl (C=O) groups is 1. The molecule has 1 heterocycles. The van der Waals surface area contributed by atoms with Crippen molar-refractivity contribution in [3.63, 3.8) is 0 Å². The summed E-state index contributed by atoms with van der Waals surface area (Å²) in [6.45, 7) is 0. The summed E-state index contributed by atoms with van der Waals surface area (Å²) in [6, 6.07) is 5.20. The number of hydrogen-bond acceptors (Lipinski definition) is 3. The van der Waals surface area contributed by atoms with Gasteiger partial charge in [-0.2, -0.15) is 13.2 Å². The molecule has 0 radical (unpaired) electrons. The van der Waals surface area contributed by atoms with Gasteiger partial charge >= 0.3 is 6.18 Å². The van der Waals surface area contributed by atoms with Gasteiger partial charge in [0, 0.05) is 23.5 Å². The monoisotopic (exact) mass is 267 g/mol. The number of rotatable bonds is 2. The Morgan fingerprint density at radius 3 is 2.32 bits per heavy atom. The highest BCUT2D eigenvalue weighted by Gasteiger charge is 2.35. The molecule has 2 rings (SSSR count). The average Bonchev–Trinajstić information content (AvgIpc) is 2.38. The van der Waals surface area contributed by atoms with Gasteiger partial charge in [0.05, 0.1) is 5.56 Å². The number of ketones is 1. The van der Waals surface area contributed by atoms with Crippen molar-refractivity contribution in [3.05, 3.63) is 59.4 Å². The summed E-state index contributed by atoms with van der Waals surface area (Å²) in [5.74, 6) is -1.31. The average molecular weight is 267 g/mol. The van der Waals surface area contributed by atoms with Crippen LogP contribution in [0.1, 0.15) is 21.5 Å². The quantitative estimate of drug-likeness (QED) is 0.851. The highest BCUT2D eigenvalue weighted by molar-refractivity contribution is 6.10. The fraction of sp³-hybridized carbons (Fsp3) is 0.0769. The molecule has 6 heteroatoms. The first kappa shape index (κ1) is 13.1. The summed E-state index contributed by atoms with van der Waals surface area (Å²) < 4.78 is 38.5. The Morgan fingerprint density at radius 1 is 1.11 bits per heavy atom. The van der Waals surface area contributed by atoms with E-state index in [0.717, 1.165) is 12.1 Å². The highest BCUT2D eigenvalue weighted by Crippen LogP contribution is 2.35. The topological polar surface area (TPSA) is 50.2 Å². The van der Waals surface area contributed by atoms with E-state index in [9.17, 15) is 18.0 Å². The van der Waals surface area contributed by atoms with Crippen molar-refractivity contribution in [2.24, 2.45) is 0 Å². The van der Waals surface area contributed by atoms with E-state index in [4.69, 9.17) is 5.11 Å². The van der Waals surface area contributed by atoms with Crippen molar-refractivity contribution >= 4 is 5.78 Å². The molecule has 0 bridgehead atoms. The summed E-state index contributed by atoms with van der Waals surface area (Å²) >= 11 is 0. The number of alkyl halides is 3. The summed E-state index contributed by atoms with van der Waals surface area (Å²) in [4.78, 5) is 15.7. The lowest BCUT2D eigenvalue weighted by Crippen LogP contribution is -2.13. The van der Waals surface area contributed by atoms with E-state index in [0.29, 0.717) is 6.07 Å². The normalized spacial score (nSPS) is 11.3. The van der Waals surface area contributed by atoms with Crippen LogP contribution in [-0.2, 0) is 6.18 Å². The van der Waals surface area contributed by atoms with Gasteiger partial charge in [-0.25, -0.2) is 0 Å². The minimum Gasteiger partial charge on any atom is -0.508 e. The fourth-order valence-corrected chi connectivity index (χ4v) is 1.62. The smallest absolute Gasteiger partial charge is 0.417 e. The number of nitrogens with zero attached hydrogens (tertiary/aromatic N) is 1. The van der Waals surface area contributed by atoms with Crippen LogP contribution in [0.3, 0.4) is 0 Å². The molecule has 0 fully saturated rings. The van der Waals surface area contributed by atoms with Crippen molar-refractivity contribution in [2.45, 2.75) is 6.18 Å². The van der Waals surface area contributed by atoms with E-state index in [-0.39, 0.29) is 5.56 Å². The minimum absolute atomic E-state index is 0.103. The van der Waals surface area contributed by atoms with Gasteiger partial charge in [0.1, 0.15) is 5.75 Å². The minimum atomic E-state index is -4.71. The molecule has 19 heavy (non-hydrogen) atoms. The second kappa shape index (κ2) is 4.72. The van der Waals surface area contributed by atoms with Crippen molar-refractivity contribution < 1.29 is 23.1 Å². The van der Waals surface area contributed by atoms with Crippen LogP contribution in [0.4, 0.5) is 13.2 Å². The maximum absolute atomic E-state index is 12.8. The molecule has 0 spiro atoms. The summed E-state index contributed by atoms with van der Waals surface area (Å²) in [7, 11) is 0. The molecule has 0 unspecified atom stereocenters. The van der Waals surface area contributed by atoms with Gasteiger partial charge in [-0.05, 0) is 30.3 Å². The van der Waals surface area contributed by atoms with Crippen LogP contribution in [-0.4, -0.2) is 15.9 Å². The predicted octanol–water partition coefficient (Wildman–Crippen LogP) is 3.04. The molecular weight excluding hydrogens is 259 g/mol. The largest absolute Gasteiger partial charge is 0.508 e. The van der Waals surface area contributed by atoms with Crippen molar-refractivity contribution in [2.75, 3.05) is 0 Å². The van der Waals surface area contributed by atoms with Gasteiger partial charge in [0.15, 0.2) is 5.78 Å². The molecule has 3 nitrogen and oxygen atoms in total. The number of aromatic hydroxyl groups is 1. The second-order valence-electron chi connectivity index (χ2n) is 3.79. The predicted molar refractivity (Wildman–Crippen MR) is 60.8 cm³/mol. The van der Waals surface area contributed by atoms with Crippen LogP contribution < -0.4 is 0 Å². The van der Waals surface area contributed by atoms with E-state index in [1.807, 2.05) is 0 Å². The molecule has 0 saturated carbocycles. The van der Waals surface area contributed by atoms with Crippen molar-refractivity contribution in [1.82, 2.24) is 4.98 Å².